The minimum atomic E-state index is -3.56. The van der Waals surface area contributed by atoms with E-state index in [0.717, 1.165) is 31.1 Å². The smallest absolute Gasteiger partial charge is 0.287 e. The zero-order chi connectivity index (χ0) is 11.8. The molecule has 1 aliphatic rings. The molecular formula is C9H12N2O4S. The predicted molar refractivity (Wildman–Crippen MR) is 55.5 cm³/mol. The normalized spacial score (nSPS) is 15.6. The number of nitrogens with one attached hydrogen (secondary N) is 1. The van der Waals surface area contributed by atoms with E-state index in [2.05, 4.69) is 5.16 Å². The van der Waals surface area contributed by atoms with Gasteiger partial charge in [-0.25, -0.2) is 13.1 Å². The van der Waals surface area contributed by atoms with Crippen LogP contribution in [0.15, 0.2) is 4.52 Å². The first kappa shape index (κ1) is 11.1. The summed E-state index contributed by atoms with van der Waals surface area (Å²) in [7, 11) is -3.56. The van der Waals surface area contributed by atoms with Crippen LogP contribution in [0.25, 0.3) is 0 Å². The van der Waals surface area contributed by atoms with Crippen molar-refractivity contribution in [2.45, 2.75) is 25.7 Å². The lowest BCUT2D eigenvalue weighted by molar-refractivity contribution is 0.0972. The average Bonchev–Trinajstić information content (AvgIpc) is 2.58. The third kappa shape index (κ3) is 2.24. The van der Waals surface area contributed by atoms with E-state index in [0.29, 0.717) is 12.2 Å². The standard InChI is InChI=1S/C9H12N2O4S/c1-16(13,14)11-9(12)8-6-4-2-3-5-7(6)15-10-8/h2-5H2,1H3,(H,11,12). The van der Waals surface area contributed by atoms with Gasteiger partial charge in [0.15, 0.2) is 5.69 Å². The average molecular weight is 244 g/mol. The maximum Gasteiger partial charge on any atom is 0.287 e. The van der Waals surface area contributed by atoms with Crippen LogP contribution < -0.4 is 4.72 Å². The van der Waals surface area contributed by atoms with Gasteiger partial charge in [0.05, 0.1) is 6.26 Å². The van der Waals surface area contributed by atoms with Gasteiger partial charge in [0.1, 0.15) is 5.76 Å². The predicted octanol–water partition coefficient (Wildman–Crippen LogP) is 0.243. The minimum absolute atomic E-state index is 0.0973. The molecule has 1 amide bonds. The second kappa shape index (κ2) is 3.89. The fourth-order valence-electron chi connectivity index (χ4n) is 1.78. The lowest BCUT2D eigenvalue weighted by atomic mass is 9.96. The highest BCUT2D eigenvalue weighted by molar-refractivity contribution is 7.89. The molecule has 16 heavy (non-hydrogen) atoms. The summed E-state index contributed by atoms with van der Waals surface area (Å²) in [6.45, 7) is 0. The Labute approximate surface area is 93.1 Å². The lowest BCUT2D eigenvalue weighted by Crippen LogP contribution is -2.30. The molecular weight excluding hydrogens is 232 g/mol. The van der Waals surface area contributed by atoms with E-state index in [1.54, 1.807) is 0 Å². The number of hydrogen-bond acceptors (Lipinski definition) is 5. The number of nitrogens with zero attached hydrogens (tertiary/aromatic N) is 1. The van der Waals surface area contributed by atoms with Gasteiger partial charge < -0.3 is 4.52 Å². The van der Waals surface area contributed by atoms with Gasteiger partial charge >= 0.3 is 0 Å². The number of carbonyl (C=O) groups excluding carboxylic acids is 1. The molecule has 0 aliphatic heterocycles. The van der Waals surface area contributed by atoms with Crippen molar-refractivity contribution in [3.8, 4) is 0 Å². The van der Waals surface area contributed by atoms with Gasteiger partial charge in [-0.3, -0.25) is 4.79 Å². The van der Waals surface area contributed by atoms with E-state index < -0.39 is 15.9 Å². The van der Waals surface area contributed by atoms with Crippen molar-refractivity contribution in [2.75, 3.05) is 6.26 Å². The Morgan fingerprint density at radius 3 is 2.75 bits per heavy atom. The number of amides is 1. The first-order valence-electron chi connectivity index (χ1n) is 4.97. The van der Waals surface area contributed by atoms with E-state index >= 15 is 0 Å². The fourth-order valence-corrected chi connectivity index (χ4v) is 2.21. The number of fused-ring (bicyclic) bond motifs is 1. The van der Waals surface area contributed by atoms with Crippen LogP contribution in [0.4, 0.5) is 0 Å². The topological polar surface area (TPSA) is 89.3 Å². The molecule has 0 saturated carbocycles. The van der Waals surface area contributed by atoms with Gasteiger partial charge in [0, 0.05) is 12.0 Å². The van der Waals surface area contributed by atoms with Crippen LogP contribution in [0, 0.1) is 0 Å². The van der Waals surface area contributed by atoms with E-state index in [1.165, 1.54) is 0 Å². The van der Waals surface area contributed by atoms with Crippen LogP contribution in [0.1, 0.15) is 34.7 Å². The van der Waals surface area contributed by atoms with E-state index in [1.807, 2.05) is 4.72 Å². The van der Waals surface area contributed by atoms with Crippen LogP contribution in [0.5, 0.6) is 0 Å². The van der Waals surface area contributed by atoms with E-state index in [-0.39, 0.29) is 5.69 Å². The van der Waals surface area contributed by atoms with Gasteiger partial charge in [0.25, 0.3) is 5.91 Å². The molecule has 1 aliphatic carbocycles. The first-order valence-corrected chi connectivity index (χ1v) is 6.86. The summed E-state index contributed by atoms with van der Waals surface area (Å²) in [5.74, 6) is -0.0145. The summed E-state index contributed by atoms with van der Waals surface area (Å²) in [6, 6.07) is 0. The van der Waals surface area contributed by atoms with Crippen molar-refractivity contribution in [1.82, 2.24) is 9.88 Å². The molecule has 1 heterocycles. The maximum absolute atomic E-state index is 11.6. The third-order valence-electron chi connectivity index (χ3n) is 2.44. The number of aromatic nitrogens is 1. The van der Waals surface area contributed by atoms with Crippen molar-refractivity contribution in [3.05, 3.63) is 17.0 Å². The molecule has 2 rings (SSSR count). The monoisotopic (exact) mass is 244 g/mol. The molecule has 1 aromatic rings. The van der Waals surface area contributed by atoms with Crippen molar-refractivity contribution in [1.29, 1.82) is 0 Å². The Morgan fingerprint density at radius 1 is 1.38 bits per heavy atom. The van der Waals surface area contributed by atoms with Gasteiger partial charge in [-0.2, -0.15) is 0 Å². The highest BCUT2D eigenvalue weighted by Crippen LogP contribution is 2.24. The Kier molecular flexibility index (Phi) is 2.71. The Balaban J connectivity index is 2.27. The number of hydrogen-bond donors (Lipinski definition) is 1. The molecule has 0 bridgehead atoms. The SMILES string of the molecule is CS(=O)(=O)NC(=O)c1noc2c1CCCC2. The largest absolute Gasteiger partial charge is 0.360 e. The number of carbonyl (C=O) groups is 1. The second-order valence-electron chi connectivity index (χ2n) is 3.84. The first-order chi connectivity index (χ1) is 7.47. The number of sulfonamides is 1. The quantitative estimate of drug-likeness (QED) is 0.805. The molecule has 88 valence electrons. The second-order valence-corrected chi connectivity index (χ2v) is 5.59. The molecule has 0 aromatic carbocycles. The molecule has 0 atom stereocenters. The van der Waals surface area contributed by atoms with E-state index in [9.17, 15) is 13.2 Å². The molecule has 0 radical (unpaired) electrons. The molecule has 0 saturated heterocycles. The minimum Gasteiger partial charge on any atom is -0.360 e. The van der Waals surface area contributed by atoms with Crippen LogP contribution in [0.2, 0.25) is 0 Å². The molecule has 0 unspecified atom stereocenters. The lowest BCUT2D eigenvalue weighted by Gasteiger charge is -2.08. The molecule has 0 spiro atoms. The Bertz CT molecular complexity index is 518. The Morgan fingerprint density at radius 2 is 2.06 bits per heavy atom. The molecule has 0 fully saturated rings. The van der Waals surface area contributed by atoms with Gasteiger partial charge in [-0.1, -0.05) is 5.16 Å². The van der Waals surface area contributed by atoms with Crippen molar-refractivity contribution in [2.24, 2.45) is 0 Å². The van der Waals surface area contributed by atoms with Crippen LogP contribution in [-0.2, 0) is 22.9 Å². The van der Waals surface area contributed by atoms with E-state index in [4.69, 9.17) is 4.52 Å². The van der Waals surface area contributed by atoms with Crippen molar-refractivity contribution >= 4 is 15.9 Å². The summed E-state index contributed by atoms with van der Waals surface area (Å²) in [4.78, 5) is 11.6. The molecule has 1 aromatic heterocycles. The van der Waals surface area contributed by atoms with Gasteiger partial charge in [0.2, 0.25) is 10.0 Å². The zero-order valence-electron chi connectivity index (χ0n) is 8.82. The van der Waals surface area contributed by atoms with Crippen LogP contribution in [0.3, 0.4) is 0 Å². The fraction of sp³-hybridized carbons (Fsp3) is 0.556. The summed E-state index contributed by atoms with van der Waals surface area (Å²) in [5, 5.41) is 3.63. The van der Waals surface area contributed by atoms with Gasteiger partial charge in [-0.05, 0) is 19.3 Å². The maximum atomic E-state index is 11.6. The highest BCUT2D eigenvalue weighted by Gasteiger charge is 2.25. The Hall–Kier alpha value is -1.37. The van der Waals surface area contributed by atoms with Crippen molar-refractivity contribution in [3.63, 3.8) is 0 Å². The summed E-state index contributed by atoms with van der Waals surface area (Å²) >= 11 is 0. The summed E-state index contributed by atoms with van der Waals surface area (Å²) < 4.78 is 28.7. The molecule has 6 nitrogen and oxygen atoms in total. The number of aryl methyl sites for hydroxylation is 1. The van der Waals surface area contributed by atoms with Gasteiger partial charge in [-0.15, -0.1) is 0 Å². The van der Waals surface area contributed by atoms with Crippen LogP contribution >= 0.6 is 0 Å². The summed E-state index contributed by atoms with van der Waals surface area (Å²) in [6.07, 6.45) is 4.37. The van der Waals surface area contributed by atoms with Crippen molar-refractivity contribution < 1.29 is 17.7 Å². The van der Waals surface area contributed by atoms with Crippen LogP contribution in [-0.4, -0.2) is 25.7 Å². The number of rotatable bonds is 2. The summed E-state index contributed by atoms with van der Waals surface area (Å²) in [5.41, 5.74) is 0.840. The zero-order valence-corrected chi connectivity index (χ0v) is 9.63. The molecule has 7 heteroatoms. The third-order valence-corrected chi connectivity index (χ3v) is 3.00. The highest BCUT2D eigenvalue weighted by atomic mass is 32.2. The molecule has 1 N–H and O–H groups in total.